The highest BCUT2D eigenvalue weighted by atomic mass is 32.2. The van der Waals surface area contributed by atoms with Gasteiger partial charge in [-0.05, 0) is 44.2 Å². The molecule has 1 nitrogen and oxygen atoms in total. The molecule has 0 spiro atoms. The number of hydrogen-bond donors (Lipinski definition) is 1. The van der Waals surface area contributed by atoms with Crippen molar-refractivity contribution in [2.75, 3.05) is 12.3 Å². The Morgan fingerprint density at radius 3 is 2.67 bits per heavy atom. The van der Waals surface area contributed by atoms with Crippen LogP contribution in [0.2, 0.25) is 0 Å². The van der Waals surface area contributed by atoms with Gasteiger partial charge in [-0.3, -0.25) is 0 Å². The van der Waals surface area contributed by atoms with E-state index in [0.717, 1.165) is 6.54 Å². The zero-order valence-electron chi connectivity index (χ0n) is 9.70. The molecule has 1 N–H and O–H groups in total. The van der Waals surface area contributed by atoms with E-state index in [1.807, 2.05) is 11.8 Å². The summed E-state index contributed by atoms with van der Waals surface area (Å²) in [5.41, 5.74) is 0. The maximum Gasteiger partial charge on any atom is 0.00719 e. The lowest BCUT2D eigenvalue weighted by molar-refractivity contribution is 0.534. The number of rotatable bonds is 7. The molecule has 15 heavy (non-hydrogen) atoms. The van der Waals surface area contributed by atoms with E-state index in [1.54, 1.807) is 0 Å². The van der Waals surface area contributed by atoms with Gasteiger partial charge in [-0.15, -0.1) is 11.8 Å². The average molecular weight is 223 g/mol. The zero-order valence-corrected chi connectivity index (χ0v) is 10.5. The first-order chi connectivity index (χ1) is 7.33. The standard InChI is InChI=1S/C13H21NS/c1-3-12(2)14-10-7-11-15-13-8-5-4-6-9-13/h4-6,8-9,12,14H,3,7,10-11H2,1-2H3. The Hall–Kier alpha value is -0.470. The summed E-state index contributed by atoms with van der Waals surface area (Å²) in [7, 11) is 0. The summed E-state index contributed by atoms with van der Waals surface area (Å²) in [6.45, 7) is 5.59. The first kappa shape index (κ1) is 12.6. The largest absolute Gasteiger partial charge is 0.314 e. The third-order valence-electron chi connectivity index (χ3n) is 2.44. The predicted molar refractivity (Wildman–Crippen MR) is 69.5 cm³/mol. The van der Waals surface area contributed by atoms with Gasteiger partial charge in [-0.2, -0.15) is 0 Å². The van der Waals surface area contributed by atoms with Gasteiger partial charge < -0.3 is 5.32 Å². The van der Waals surface area contributed by atoms with Crippen molar-refractivity contribution in [3.63, 3.8) is 0 Å². The van der Waals surface area contributed by atoms with E-state index in [4.69, 9.17) is 0 Å². The maximum absolute atomic E-state index is 3.51. The molecule has 0 fully saturated rings. The highest BCUT2D eigenvalue weighted by Gasteiger charge is 1.96. The number of thioether (sulfide) groups is 1. The summed E-state index contributed by atoms with van der Waals surface area (Å²) in [4.78, 5) is 1.38. The molecular weight excluding hydrogens is 202 g/mol. The fourth-order valence-electron chi connectivity index (χ4n) is 1.27. The van der Waals surface area contributed by atoms with Crippen LogP contribution in [0.3, 0.4) is 0 Å². The SMILES string of the molecule is CCC(C)NCCCSc1ccccc1. The molecule has 2 heteroatoms. The van der Waals surface area contributed by atoms with Crippen molar-refractivity contribution in [1.82, 2.24) is 5.32 Å². The van der Waals surface area contributed by atoms with E-state index >= 15 is 0 Å². The predicted octanol–water partition coefficient (Wildman–Crippen LogP) is 3.56. The van der Waals surface area contributed by atoms with Crippen LogP contribution in [0.25, 0.3) is 0 Å². The number of nitrogens with one attached hydrogen (secondary N) is 1. The number of hydrogen-bond acceptors (Lipinski definition) is 2. The quantitative estimate of drug-likeness (QED) is 0.560. The lowest BCUT2D eigenvalue weighted by atomic mass is 10.2. The molecule has 1 aromatic carbocycles. The molecule has 0 bridgehead atoms. The Bertz CT molecular complexity index is 248. The smallest absolute Gasteiger partial charge is 0.00719 e. The van der Waals surface area contributed by atoms with Crippen molar-refractivity contribution in [1.29, 1.82) is 0 Å². The minimum absolute atomic E-state index is 0.659. The van der Waals surface area contributed by atoms with E-state index in [-0.39, 0.29) is 0 Å². The van der Waals surface area contributed by atoms with Gasteiger partial charge in [0.25, 0.3) is 0 Å². The maximum atomic E-state index is 3.51. The highest BCUT2D eigenvalue weighted by Crippen LogP contribution is 2.17. The minimum atomic E-state index is 0.659. The van der Waals surface area contributed by atoms with Crippen LogP contribution in [0.15, 0.2) is 35.2 Å². The molecule has 0 amide bonds. The van der Waals surface area contributed by atoms with E-state index in [1.165, 1.54) is 23.5 Å². The van der Waals surface area contributed by atoms with Gasteiger partial charge in [0.1, 0.15) is 0 Å². The molecular formula is C13H21NS. The van der Waals surface area contributed by atoms with Gasteiger partial charge in [0.15, 0.2) is 0 Å². The molecule has 0 aliphatic heterocycles. The summed E-state index contributed by atoms with van der Waals surface area (Å²) in [6, 6.07) is 11.3. The molecule has 0 saturated carbocycles. The minimum Gasteiger partial charge on any atom is -0.314 e. The molecule has 0 aliphatic carbocycles. The van der Waals surface area contributed by atoms with E-state index in [9.17, 15) is 0 Å². The monoisotopic (exact) mass is 223 g/mol. The Morgan fingerprint density at radius 2 is 2.00 bits per heavy atom. The molecule has 84 valence electrons. The van der Waals surface area contributed by atoms with Crippen LogP contribution < -0.4 is 5.32 Å². The zero-order chi connectivity index (χ0) is 10.9. The van der Waals surface area contributed by atoms with Gasteiger partial charge >= 0.3 is 0 Å². The van der Waals surface area contributed by atoms with E-state index in [0.29, 0.717) is 6.04 Å². The topological polar surface area (TPSA) is 12.0 Å². The van der Waals surface area contributed by atoms with Gasteiger partial charge in [0.2, 0.25) is 0 Å². The van der Waals surface area contributed by atoms with Gasteiger partial charge in [0.05, 0.1) is 0 Å². The molecule has 1 atom stereocenters. The lowest BCUT2D eigenvalue weighted by Crippen LogP contribution is -2.26. The van der Waals surface area contributed by atoms with Gasteiger partial charge in [0, 0.05) is 10.9 Å². The summed E-state index contributed by atoms with van der Waals surface area (Å²) in [6.07, 6.45) is 2.45. The van der Waals surface area contributed by atoms with Crippen LogP contribution in [0.1, 0.15) is 26.7 Å². The third-order valence-corrected chi connectivity index (χ3v) is 3.54. The van der Waals surface area contributed by atoms with E-state index in [2.05, 4.69) is 49.5 Å². The highest BCUT2D eigenvalue weighted by molar-refractivity contribution is 7.99. The molecule has 1 aromatic rings. The summed E-state index contributed by atoms with van der Waals surface area (Å²) < 4.78 is 0. The third kappa shape index (κ3) is 5.85. The van der Waals surface area contributed by atoms with Crippen LogP contribution in [0, 0.1) is 0 Å². The Balaban J connectivity index is 2.03. The van der Waals surface area contributed by atoms with Crippen LogP contribution in [0.4, 0.5) is 0 Å². The second-order valence-corrected chi connectivity index (χ2v) is 4.95. The number of benzene rings is 1. The van der Waals surface area contributed by atoms with Crippen LogP contribution in [-0.2, 0) is 0 Å². The lowest BCUT2D eigenvalue weighted by Gasteiger charge is -2.10. The molecule has 0 saturated heterocycles. The van der Waals surface area contributed by atoms with Crippen LogP contribution >= 0.6 is 11.8 Å². The van der Waals surface area contributed by atoms with Crippen LogP contribution in [-0.4, -0.2) is 18.3 Å². The van der Waals surface area contributed by atoms with Crippen molar-refractivity contribution in [3.8, 4) is 0 Å². The summed E-state index contributed by atoms with van der Waals surface area (Å²) in [5.74, 6) is 1.20. The fraction of sp³-hybridized carbons (Fsp3) is 0.538. The van der Waals surface area contributed by atoms with Gasteiger partial charge in [-0.1, -0.05) is 25.1 Å². The molecule has 1 rings (SSSR count). The average Bonchev–Trinajstić information content (AvgIpc) is 2.29. The molecule has 0 radical (unpaired) electrons. The second kappa shape index (κ2) is 7.77. The Morgan fingerprint density at radius 1 is 1.27 bits per heavy atom. The van der Waals surface area contributed by atoms with Crippen molar-refractivity contribution >= 4 is 11.8 Å². The van der Waals surface area contributed by atoms with Crippen molar-refractivity contribution in [2.45, 2.75) is 37.6 Å². The molecule has 0 heterocycles. The molecule has 1 unspecified atom stereocenters. The second-order valence-electron chi connectivity index (χ2n) is 3.78. The first-order valence-electron chi connectivity index (χ1n) is 5.74. The van der Waals surface area contributed by atoms with Gasteiger partial charge in [-0.25, -0.2) is 0 Å². The van der Waals surface area contributed by atoms with E-state index < -0.39 is 0 Å². The summed E-state index contributed by atoms with van der Waals surface area (Å²) in [5, 5.41) is 3.51. The van der Waals surface area contributed by atoms with Crippen molar-refractivity contribution in [2.24, 2.45) is 0 Å². The Kier molecular flexibility index (Phi) is 6.53. The van der Waals surface area contributed by atoms with Crippen molar-refractivity contribution < 1.29 is 0 Å². The first-order valence-corrected chi connectivity index (χ1v) is 6.72. The molecule has 0 aliphatic rings. The Labute approximate surface area is 97.7 Å². The normalized spacial score (nSPS) is 12.7. The fourth-order valence-corrected chi connectivity index (χ4v) is 2.15. The molecule has 0 aromatic heterocycles. The van der Waals surface area contributed by atoms with Crippen LogP contribution in [0.5, 0.6) is 0 Å². The van der Waals surface area contributed by atoms with Crippen molar-refractivity contribution in [3.05, 3.63) is 30.3 Å². The summed E-state index contributed by atoms with van der Waals surface area (Å²) >= 11 is 1.94.